The van der Waals surface area contributed by atoms with Crippen molar-refractivity contribution in [2.24, 2.45) is 5.73 Å². The van der Waals surface area contributed by atoms with E-state index in [-0.39, 0.29) is 0 Å². The molecule has 2 N–H and O–H groups in total. The molecule has 0 aliphatic heterocycles. The highest BCUT2D eigenvalue weighted by atomic mass is 16.5. The highest BCUT2D eigenvalue weighted by Crippen LogP contribution is 2.39. The molecular formula is C14H19N3O3. The lowest BCUT2D eigenvalue weighted by molar-refractivity contribution is 0.324. The lowest BCUT2D eigenvalue weighted by Gasteiger charge is -2.14. The number of ether oxygens (including phenoxy) is 3. The standard InChI is InChI=1S/C14H19N3O3/c1-9-10(7-15)8-17(16-9)11-5-12(18-2)14(20-4)13(6-11)19-3/h5-6,8H,7,15H2,1-4H3. The van der Waals surface area contributed by atoms with E-state index >= 15 is 0 Å². The zero-order valence-electron chi connectivity index (χ0n) is 12.1. The highest BCUT2D eigenvalue weighted by Gasteiger charge is 2.15. The average molecular weight is 277 g/mol. The highest BCUT2D eigenvalue weighted by molar-refractivity contribution is 5.58. The molecule has 0 spiro atoms. The van der Waals surface area contributed by atoms with Crippen molar-refractivity contribution in [2.75, 3.05) is 21.3 Å². The zero-order valence-corrected chi connectivity index (χ0v) is 12.1. The fourth-order valence-corrected chi connectivity index (χ4v) is 2.03. The molecule has 1 aromatic heterocycles. The largest absolute Gasteiger partial charge is 0.493 e. The van der Waals surface area contributed by atoms with Crippen molar-refractivity contribution < 1.29 is 14.2 Å². The van der Waals surface area contributed by atoms with Crippen LogP contribution in [-0.2, 0) is 6.54 Å². The van der Waals surface area contributed by atoms with Gasteiger partial charge in [0.1, 0.15) is 0 Å². The topological polar surface area (TPSA) is 71.5 Å². The monoisotopic (exact) mass is 277 g/mol. The van der Waals surface area contributed by atoms with Crippen LogP contribution >= 0.6 is 0 Å². The molecule has 1 aromatic carbocycles. The number of rotatable bonds is 5. The van der Waals surface area contributed by atoms with Crippen molar-refractivity contribution >= 4 is 0 Å². The summed E-state index contributed by atoms with van der Waals surface area (Å²) in [7, 11) is 4.74. The first-order valence-electron chi connectivity index (χ1n) is 6.20. The van der Waals surface area contributed by atoms with Crippen molar-refractivity contribution in [1.29, 1.82) is 0 Å². The molecule has 0 saturated heterocycles. The molecule has 0 unspecified atom stereocenters. The normalized spacial score (nSPS) is 10.4. The SMILES string of the molecule is COc1cc(-n2cc(CN)c(C)n2)cc(OC)c1OC. The molecule has 2 aromatic rings. The second-order valence-corrected chi connectivity index (χ2v) is 4.27. The first-order chi connectivity index (χ1) is 9.64. The van der Waals surface area contributed by atoms with Crippen LogP contribution in [0.2, 0.25) is 0 Å². The van der Waals surface area contributed by atoms with Crippen molar-refractivity contribution in [3.8, 4) is 22.9 Å². The summed E-state index contributed by atoms with van der Waals surface area (Å²) in [5.41, 5.74) is 8.40. The number of nitrogens with two attached hydrogens (primary N) is 1. The molecule has 0 fully saturated rings. The Bertz CT molecular complexity index is 583. The van der Waals surface area contributed by atoms with Gasteiger partial charge in [-0.05, 0) is 6.92 Å². The van der Waals surface area contributed by atoms with Crippen LogP contribution in [0, 0.1) is 6.92 Å². The molecule has 6 heteroatoms. The first-order valence-corrected chi connectivity index (χ1v) is 6.20. The Morgan fingerprint density at radius 2 is 1.70 bits per heavy atom. The molecule has 6 nitrogen and oxygen atoms in total. The Morgan fingerprint density at radius 1 is 1.10 bits per heavy atom. The Morgan fingerprint density at radius 3 is 2.10 bits per heavy atom. The van der Waals surface area contributed by atoms with Gasteiger partial charge in [0.15, 0.2) is 11.5 Å². The van der Waals surface area contributed by atoms with E-state index in [1.165, 1.54) is 0 Å². The lowest BCUT2D eigenvalue weighted by atomic mass is 10.2. The van der Waals surface area contributed by atoms with E-state index in [9.17, 15) is 0 Å². The fourth-order valence-electron chi connectivity index (χ4n) is 2.03. The van der Waals surface area contributed by atoms with Crippen LogP contribution in [0.25, 0.3) is 5.69 Å². The molecule has 1 heterocycles. The fraction of sp³-hybridized carbons (Fsp3) is 0.357. The van der Waals surface area contributed by atoms with Gasteiger partial charge >= 0.3 is 0 Å². The summed E-state index contributed by atoms with van der Waals surface area (Å²) >= 11 is 0. The quantitative estimate of drug-likeness (QED) is 0.900. The van der Waals surface area contributed by atoms with Crippen molar-refractivity contribution in [3.63, 3.8) is 0 Å². The zero-order chi connectivity index (χ0) is 14.7. The second-order valence-electron chi connectivity index (χ2n) is 4.27. The minimum atomic E-state index is 0.455. The number of methoxy groups -OCH3 is 3. The third kappa shape index (κ3) is 2.42. The van der Waals surface area contributed by atoms with Gasteiger partial charge in [-0.2, -0.15) is 5.10 Å². The summed E-state index contributed by atoms with van der Waals surface area (Å²) < 4.78 is 17.7. The average Bonchev–Trinajstić information content (AvgIpc) is 2.86. The maximum atomic E-state index is 5.68. The summed E-state index contributed by atoms with van der Waals surface area (Å²) in [4.78, 5) is 0. The van der Waals surface area contributed by atoms with Crippen LogP contribution in [0.5, 0.6) is 17.2 Å². The third-order valence-electron chi connectivity index (χ3n) is 3.13. The number of benzene rings is 1. The summed E-state index contributed by atoms with van der Waals surface area (Å²) in [6.07, 6.45) is 1.90. The van der Waals surface area contributed by atoms with Gasteiger partial charge in [0.2, 0.25) is 5.75 Å². The third-order valence-corrected chi connectivity index (χ3v) is 3.13. The van der Waals surface area contributed by atoms with Gasteiger partial charge in [0, 0.05) is 30.4 Å². The van der Waals surface area contributed by atoms with Crippen LogP contribution in [0.4, 0.5) is 0 Å². The summed E-state index contributed by atoms with van der Waals surface area (Å²) in [5.74, 6) is 1.73. The van der Waals surface area contributed by atoms with Crippen LogP contribution < -0.4 is 19.9 Å². The number of hydrogen-bond acceptors (Lipinski definition) is 5. The van der Waals surface area contributed by atoms with E-state index in [2.05, 4.69) is 5.10 Å². The number of nitrogens with zero attached hydrogens (tertiary/aromatic N) is 2. The van der Waals surface area contributed by atoms with E-state index in [1.807, 2.05) is 25.3 Å². The van der Waals surface area contributed by atoms with Crippen molar-refractivity contribution in [3.05, 3.63) is 29.6 Å². The molecule has 0 radical (unpaired) electrons. The van der Waals surface area contributed by atoms with Crippen LogP contribution in [0.15, 0.2) is 18.3 Å². The Labute approximate surface area is 118 Å². The van der Waals surface area contributed by atoms with Crippen LogP contribution in [0.1, 0.15) is 11.3 Å². The van der Waals surface area contributed by atoms with E-state index < -0.39 is 0 Å². The van der Waals surface area contributed by atoms with Gasteiger partial charge in [0.05, 0.1) is 32.7 Å². The van der Waals surface area contributed by atoms with Crippen molar-refractivity contribution in [2.45, 2.75) is 13.5 Å². The smallest absolute Gasteiger partial charge is 0.203 e. The van der Waals surface area contributed by atoms with Gasteiger partial charge in [-0.1, -0.05) is 0 Å². The molecule has 0 saturated carbocycles. The Hall–Kier alpha value is -2.21. The molecule has 108 valence electrons. The molecule has 0 bridgehead atoms. The number of aromatic nitrogens is 2. The van der Waals surface area contributed by atoms with Crippen molar-refractivity contribution in [1.82, 2.24) is 9.78 Å². The number of hydrogen-bond donors (Lipinski definition) is 1. The molecular weight excluding hydrogens is 258 g/mol. The maximum absolute atomic E-state index is 5.68. The minimum Gasteiger partial charge on any atom is -0.493 e. The molecule has 0 amide bonds. The molecule has 0 aliphatic rings. The molecule has 2 rings (SSSR count). The summed E-state index contributed by atoms with van der Waals surface area (Å²) in [6, 6.07) is 3.68. The maximum Gasteiger partial charge on any atom is 0.203 e. The molecule has 0 aliphatic carbocycles. The van der Waals surface area contributed by atoms with Gasteiger partial charge in [0.25, 0.3) is 0 Å². The van der Waals surface area contributed by atoms with Crippen LogP contribution in [-0.4, -0.2) is 31.1 Å². The summed E-state index contributed by atoms with van der Waals surface area (Å²) in [6.45, 7) is 2.38. The van der Waals surface area contributed by atoms with Gasteiger partial charge in [-0.15, -0.1) is 0 Å². The van der Waals surface area contributed by atoms with E-state index in [1.54, 1.807) is 26.0 Å². The Kier molecular flexibility index (Phi) is 4.14. The lowest BCUT2D eigenvalue weighted by Crippen LogP contribution is -2.00. The van der Waals surface area contributed by atoms with Gasteiger partial charge in [-0.25, -0.2) is 4.68 Å². The molecule has 0 atom stereocenters. The van der Waals surface area contributed by atoms with E-state index in [0.717, 1.165) is 16.9 Å². The van der Waals surface area contributed by atoms with E-state index in [4.69, 9.17) is 19.9 Å². The van der Waals surface area contributed by atoms with Gasteiger partial charge < -0.3 is 19.9 Å². The second kappa shape index (κ2) is 5.83. The number of aryl methyl sites for hydroxylation is 1. The minimum absolute atomic E-state index is 0.455. The van der Waals surface area contributed by atoms with E-state index in [0.29, 0.717) is 23.8 Å². The first kappa shape index (κ1) is 14.2. The summed E-state index contributed by atoms with van der Waals surface area (Å²) in [5, 5.41) is 4.44. The molecule has 20 heavy (non-hydrogen) atoms. The van der Waals surface area contributed by atoms with Gasteiger partial charge in [-0.3, -0.25) is 0 Å². The Balaban J connectivity index is 2.56. The predicted octanol–water partition coefficient (Wildman–Crippen LogP) is 1.67. The predicted molar refractivity (Wildman–Crippen MR) is 75.8 cm³/mol. The van der Waals surface area contributed by atoms with Crippen LogP contribution in [0.3, 0.4) is 0 Å².